The number of benzene rings is 1. The molecule has 1 aromatic carbocycles. The Bertz CT molecular complexity index is 539. The lowest BCUT2D eigenvalue weighted by atomic mass is 10.1. The van der Waals surface area contributed by atoms with Crippen LogP contribution in [0, 0.1) is 0 Å². The Morgan fingerprint density at radius 2 is 2.27 bits per heavy atom. The Labute approximate surface area is 87.3 Å². The minimum absolute atomic E-state index is 0.0000850. The summed E-state index contributed by atoms with van der Waals surface area (Å²) in [5.74, 6) is -0.341. The predicted octanol–water partition coefficient (Wildman–Crippen LogP) is 1.54. The van der Waals surface area contributed by atoms with Gasteiger partial charge < -0.3 is 10.2 Å². The average Bonchev–Trinajstić information content (AvgIpc) is 2.53. The van der Waals surface area contributed by atoms with E-state index in [-0.39, 0.29) is 11.8 Å². The maximum Gasteiger partial charge on any atom is 0.419 e. The second-order valence-corrected chi connectivity index (χ2v) is 3.67. The molecule has 80 valence electrons. The van der Waals surface area contributed by atoms with Crippen LogP contribution >= 0.6 is 0 Å². The molecule has 0 bridgehead atoms. The second-order valence-electron chi connectivity index (χ2n) is 3.67. The highest BCUT2D eigenvalue weighted by atomic mass is 16.4. The molecule has 2 aromatic rings. The van der Waals surface area contributed by atoms with Gasteiger partial charge in [-0.15, -0.1) is 0 Å². The van der Waals surface area contributed by atoms with Crippen molar-refractivity contribution in [2.45, 2.75) is 19.4 Å². The van der Waals surface area contributed by atoms with Gasteiger partial charge in [-0.05, 0) is 24.1 Å². The summed E-state index contributed by atoms with van der Waals surface area (Å²) in [5.41, 5.74) is 8.30. The van der Waals surface area contributed by atoms with Gasteiger partial charge in [0.05, 0.1) is 5.52 Å². The first-order chi connectivity index (χ1) is 7.13. The first-order valence-electron chi connectivity index (χ1n) is 4.98. The van der Waals surface area contributed by atoms with Crippen LogP contribution in [0.15, 0.2) is 27.4 Å². The van der Waals surface area contributed by atoms with E-state index in [1.165, 1.54) is 4.57 Å². The Hall–Kier alpha value is -1.55. The zero-order valence-corrected chi connectivity index (χ0v) is 8.86. The third kappa shape index (κ3) is 1.57. The third-order valence-corrected chi connectivity index (χ3v) is 2.68. The molecule has 1 aromatic heterocycles. The molecule has 1 atom stereocenters. The SMILES string of the molecule is CC[C@H](N)c1ccc2c(c1)oc(=O)n2C. The quantitative estimate of drug-likeness (QED) is 0.810. The Kier molecular flexibility index (Phi) is 2.36. The molecule has 4 heteroatoms. The van der Waals surface area contributed by atoms with Crippen LogP contribution in [0.4, 0.5) is 0 Å². The number of aryl methyl sites for hydroxylation is 1. The normalized spacial score (nSPS) is 13.3. The van der Waals surface area contributed by atoms with E-state index in [1.807, 2.05) is 25.1 Å². The van der Waals surface area contributed by atoms with Crippen molar-refractivity contribution in [1.29, 1.82) is 0 Å². The van der Waals surface area contributed by atoms with Crippen LogP contribution in [-0.4, -0.2) is 4.57 Å². The highest BCUT2D eigenvalue weighted by Gasteiger charge is 2.09. The van der Waals surface area contributed by atoms with E-state index in [0.717, 1.165) is 17.5 Å². The molecule has 0 saturated carbocycles. The van der Waals surface area contributed by atoms with Gasteiger partial charge in [-0.1, -0.05) is 13.0 Å². The van der Waals surface area contributed by atoms with Crippen LogP contribution in [0.5, 0.6) is 0 Å². The summed E-state index contributed by atoms with van der Waals surface area (Å²) < 4.78 is 6.57. The maximum atomic E-state index is 11.3. The number of nitrogens with zero attached hydrogens (tertiary/aromatic N) is 1. The highest BCUT2D eigenvalue weighted by molar-refractivity contribution is 5.73. The first-order valence-corrected chi connectivity index (χ1v) is 4.98. The van der Waals surface area contributed by atoms with Crippen molar-refractivity contribution in [3.63, 3.8) is 0 Å². The molecule has 0 aliphatic carbocycles. The number of hydrogen-bond acceptors (Lipinski definition) is 3. The van der Waals surface area contributed by atoms with E-state index in [0.29, 0.717) is 5.58 Å². The van der Waals surface area contributed by atoms with Crippen LogP contribution in [0.25, 0.3) is 11.1 Å². The van der Waals surface area contributed by atoms with Crippen molar-refractivity contribution in [2.24, 2.45) is 12.8 Å². The van der Waals surface area contributed by atoms with E-state index < -0.39 is 0 Å². The molecule has 4 nitrogen and oxygen atoms in total. The van der Waals surface area contributed by atoms with Gasteiger partial charge in [0, 0.05) is 13.1 Å². The number of oxazole rings is 1. The van der Waals surface area contributed by atoms with Crippen LogP contribution in [0.2, 0.25) is 0 Å². The van der Waals surface area contributed by atoms with E-state index in [1.54, 1.807) is 7.05 Å². The highest BCUT2D eigenvalue weighted by Crippen LogP contribution is 2.19. The number of fused-ring (bicyclic) bond motifs is 1. The van der Waals surface area contributed by atoms with Gasteiger partial charge in [0.25, 0.3) is 0 Å². The molecule has 1 heterocycles. The van der Waals surface area contributed by atoms with Crippen LogP contribution in [-0.2, 0) is 7.05 Å². The fourth-order valence-corrected chi connectivity index (χ4v) is 1.62. The van der Waals surface area contributed by atoms with Gasteiger partial charge in [0.2, 0.25) is 0 Å². The summed E-state index contributed by atoms with van der Waals surface area (Å²) >= 11 is 0. The molecule has 0 unspecified atom stereocenters. The fraction of sp³-hybridized carbons (Fsp3) is 0.364. The lowest BCUT2D eigenvalue weighted by molar-refractivity contribution is 0.527. The summed E-state index contributed by atoms with van der Waals surface area (Å²) in [6.07, 6.45) is 0.864. The summed E-state index contributed by atoms with van der Waals surface area (Å²) in [7, 11) is 1.69. The molecule has 0 aliphatic rings. The zero-order valence-electron chi connectivity index (χ0n) is 8.86. The van der Waals surface area contributed by atoms with Crippen molar-refractivity contribution >= 4 is 11.1 Å². The number of hydrogen-bond donors (Lipinski definition) is 1. The van der Waals surface area contributed by atoms with E-state index in [9.17, 15) is 4.79 Å². The standard InChI is InChI=1S/C11H14N2O2/c1-3-8(12)7-4-5-9-10(6-7)15-11(14)13(9)2/h4-6,8H,3,12H2,1-2H3/t8-/m0/s1. The van der Waals surface area contributed by atoms with Crippen molar-refractivity contribution in [3.05, 3.63) is 34.3 Å². The van der Waals surface area contributed by atoms with E-state index in [2.05, 4.69) is 0 Å². The number of rotatable bonds is 2. The van der Waals surface area contributed by atoms with Gasteiger partial charge in [0.1, 0.15) is 0 Å². The average molecular weight is 206 g/mol. The maximum absolute atomic E-state index is 11.3. The van der Waals surface area contributed by atoms with Gasteiger partial charge in [0.15, 0.2) is 5.58 Å². The molecule has 15 heavy (non-hydrogen) atoms. The summed E-state index contributed by atoms with van der Waals surface area (Å²) in [6, 6.07) is 5.64. The molecule has 2 N–H and O–H groups in total. The molecule has 0 spiro atoms. The topological polar surface area (TPSA) is 61.2 Å². The van der Waals surface area contributed by atoms with Gasteiger partial charge in [-0.25, -0.2) is 4.79 Å². The summed E-state index contributed by atoms with van der Waals surface area (Å²) in [5, 5.41) is 0. The molecule has 0 radical (unpaired) electrons. The Morgan fingerprint density at radius 3 is 2.93 bits per heavy atom. The van der Waals surface area contributed by atoms with E-state index in [4.69, 9.17) is 10.2 Å². The lowest BCUT2D eigenvalue weighted by Gasteiger charge is -2.07. The fourth-order valence-electron chi connectivity index (χ4n) is 1.62. The van der Waals surface area contributed by atoms with Gasteiger partial charge >= 0.3 is 5.76 Å². The third-order valence-electron chi connectivity index (χ3n) is 2.68. The van der Waals surface area contributed by atoms with Crippen LogP contribution in [0.1, 0.15) is 24.9 Å². The van der Waals surface area contributed by atoms with Crippen LogP contribution in [0.3, 0.4) is 0 Å². The molecule has 2 rings (SSSR count). The minimum atomic E-state index is -0.341. The zero-order chi connectivity index (χ0) is 11.0. The number of aromatic nitrogens is 1. The van der Waals surface area contributed by atoms with Crippen molar-refractivity contribution in [3.8, 4) is 0 Å². The molecule has 0 aliphatic heterocycles. The molecule has 0 amide bonds. The minimum Gasteiger partial charge on any atom is -0.408 e. The Balaban J connectivity index is 2.62. The first kappa shape index (κ1) is 9.98. The number of nitrogens with two attached hydrogens (primary N) is 1. The molecular weight excluding hydrogens is 192 g/mol. The smallest absolute Gasteiger partial charge is 0.408 e. The van der Waals surface area contributed by atoms with Crippen molar-refractivity contribution in [1.82, 2.24) is 4.57 Å². The monoisotopic (exact) mass is 206 g/mol. The van der Waals surface area contributed by atoms with Crippen LogP contribution < -0.4 is 11.5 Å². The summed E-state index contributed by atoms with van der Waals surface area (Å²) in [6.45, 7) is 2.02. The Morgan fingerprint density at radius 1 is 1.53 bits per heavy atom. The molecule has 0 fully saturated rings. The lowest BCUT2D eigenvalue weighted by Crippen LogP contribution is -2.09. The molecular formula is C11H14N2O2. The molecule has 0 saturated heterocycles. The van der Waals surface area contributed by atoms with E-state index >= 15 is 0 Å². The summed E-state index contributed by atoms with van der Waals surface area (Å²) in [4.78, 5) is 11.3. The van der Waals surface area contributed by atoms with Gasteiger partial charge in [-0.2, -0.15) is 0 Å². The largest absolute Gasteiger partial charge is 0.419 e. The predicted molar refractivity (Wildman–Crippen MR) is 58.7 cm³/mol. The van der Waals surface area contributed by atoms with Crippen molar-refractivity contribution < 1.29 is 4.42 Å². The van der Waals surface area contributed by atoms with Gasteiger partial charge in [-0.3, -0.25) is 4.57 Å². The van der Waals surface area contributed by atoms with Crippen molar-refractivity contribution in [2.75, 3.05) is 0 Å². The second kappa shape index (κ2) is 3.55.